The van der Waals surface area contributed by atoms with Gasteiger partial charge < -0.3 is 9.67 Å². The first-order valence-electron chi connectivity index (χ1n) is 14.6. The molecule has 1 heterocycles. The van der Waals surface area contributed by atoms with E-state index < -0.39 is 0 Å². The standard InChI is InChI=1S/C36H41N3O/c1-4-5-21-39-33(34(31-17-11-7-12-18-31)37-36(39)32-19-13-8-14-20-32)26-38(24-29-15-9-6-10-16-29)25-30-22-27(2)35(40)28(3)23-30/h6-7,9-13,15-20,22-23,40H,4-5,8,14,21,24-26H2,1-3H3. The van der Waals surface area contributed by atoms with Crippen molar-refractivity contribution in [2.24, 2.45) is 0 Å². The van der Waals surface area contributed by atoms with E-state index in [1.165, 1.54) is 22.4 Å². The van der Waals surface area contributed by atoms with Crippen LogP contribution in [-0.2, 0) is 26.2 Å². The van der Waals surface area contributed by atoms with Gasteiger partial charge in [0.05, 0.1) is 11.4 Å². The minimum atomic E-state index is 0.390. The lowest BCUT2D eigenvalue weighted by atomic mass is 10.0. The predicted molar refractivity (Wildman–Crippen MR) is 166 cm³/mol. The van der Waals surface area contributed by atoms with Crippen molar-refractivity contribution in [1.82, 2.24) is 14.5 Å². The lowest BCUT2D eigenvalue weighted by Gasteiger charge is -2.25. The Labute approximate surface area is 239 Å². The molecule has 4 aromatic rings. The molecule has 1 N–H and O–H groups in total. The number of aromatic hydroxyl groups is 1. The fourth-order valence-electron chi connectivity index (χ4n) is 5.65. The van der Waals surface area contributed by atoms with Crippen molar-refractivity contribution in [3.05, 3.63) is 125 Å². The second-order valence-corrected chi connectivity index (χ2v) is 11.0. The Kier molecular flexibility index (Phi) is 8.98. The van der Waals surface area contributed by atoms with Gasteiger partial charge in [-0.1, -0.05) is 104 Å². The summed E-state index contributed by atoms with van der Waals surface area (Å²) in [5, 5.41) is 10.4. The van der Waals surface area contributed by atoms with Gasteiger partial charge in [0, 0.05) is 37.3 Å². The first-order valence-corrected chi connectivity index (χ1v) is 14.6. The molecule has 0 spiro atoms. The molecule has 0 radical (unpaired) electrons. The van der Waals surface area contributed by atoms with Crippen LogP contribution in [0.25, 0.3) is 16.8 Å². The summed E-state index contributed by atoms with van der Waals surface area (Å²) in [4.78, 5) is 7.86. The van der Waals surface area contributed by atoms with Gasteiger partial charge in [-0.25, -0.2) is 4.98 Å². The Hall–Kier alpha value is -3.89. The molecular formula is C36H41N3O. The van der Waals surface area contributed by atoms with Gasteiger partial charge in [-0.15, -0.1) is 0 Å². The van der Waals surface area contributed by atoms with Crippen LogP contribution in [0.2, 0.25) is 0 Å². The van der Waals surface area contributed by atoms with Gasteiger partial charge in [0.25, 0.3) is 0 Å². The zero-order valence-corrected chi connectivity index (χ0v) is 24.1. The number of allylic oxidation sites excluding steroid dienone is 4. The van der Waals surface area contributed by atoms with Crippen molar-refractivity contribution in [1.29, 1.82) is 0 Å². The molecule has 206 valence electrons. The average Bonchev–Trinajstić information content (AvgIpc) is 3.34. The lowest BCUT2D eigenvalue weighted by molar-refractivity contribution is 0.241. The smallest absolute Gasteiger partial charge is 0.140 e. The highest BCUT2D eigenvalue weighted by molar-refractivity contribution is 5.74. The monoisotopic (exact) mass is 531 g/mol. The van der Waals surface area contributed by atoms with Gasteiger partial charge >= 0.3 is 0 Å². The van der Waals surface area contributed by atoms with Crippen molar-refractivity contribution >= 4 is 5.57 Å². The Morgan fingerprint density at radius 1 is 0.850 bits per heavy atom. The number of aryl methyl sites for hydroxylation is 2. The molecular weight excluding hydrogens is 490 g/mol. The van der Waals surface area contributed by atoms with Gasteiger partial charge in [0.1, 0.15) is 11.6 Å². The van der Waals surface area contributed by atoms with E-state index in [0.717, 1.165) is 80.1 Å². The van der Waals surface area contributed by atoms with Crippen LogP contribution in [0.1, 0.15) is 66.4 Å². The Morgan fingerprint density at radius 3 is 2.17 bits per heavy atom. The van der Waals surface area contributed by atoms with Crippen LogP contribution < -0.4 is 0 Å². The molecule has 40 heavy (non-hydrogen) atoms. The number of hydrogen-bond acceptors (Lipinski definition) is 3. The van der Waals surface area contributed by atoms with Crippen molar-refractivity contribution in [2.75, 3.05) is 0 Å². The van der Waals surface area contributed by atoms with Crippen LogP contribution in [0, 0.1) is 13.8 Å². The summed E-state index contributed by atoms with van der Waals surface area (Å²) in [6.45, 7) is 9.55. The maximum atomic E-state index is 10.4. The molecule has 0 saturated carbocycles. The number of benzene rings is 3. The van der Waals surface area contributed by atoms with Crippen LogP contribution in [-0.4, -0.2) is 19.6 Å². The number of nitrogens with zero attached hydrogens (tertiary/aromatic N) is 3. The quantitative estimate of drug-likeness (QED) is 0.211. The fourth-order valence-corrected chi connectivity index (χ4v) is 5.65. The summed E-state index contributed by atoms with van der Waals surface area (Å²) in [5.41, 5.74) is 9.06. The summed E-state index contributed by atoms with van der Waals surface area (Å²) in [7, 11) is 0. The molecule has 0 bridgehead atoms. The minimum Gasteiger partial charge on any atom is -0.507 e. The third-order valence-electron chi connectivity index (χ3n) is 7.69. The molecule has 0 saturated heterocycles. The normalized spacial score (nSPS) is 13.2. The van der Waals surface area contributed by atoms with Crippen molar-refractivity contribution in [2.45, 2.75) is 72.6 Å². The van der Waals surface area contributed by atoms with Crippen molar-refractivity contribution < 1.29 is 5.11 Å². The molecule has 3 aromatic carbocycles. The van der Waals surface area contributed by atoms with Crippen LogP contribution in [0.15, 0.2) is 91.0 Å². The first-order chi connectivity index (χ1) is 19.5. The van der Waals surface area contributed by atoms with Crippen LogP contribution in [0.3, 0.4) is 0 Å². The SMILES string of the molecule is CCCCn1c(C2=CCCC=C2)nc(-c2ccccc2)c1CN(Cc1ccccc1)Cc1cc(C)c(O)c(C)c1. The van der Waals surface area contributed by atoms with Gasteiger partial charge in [-0.05, 0) is 55.4 Å². The molecule has 4 nitrogen and oxygen atoms in total. The van der Waals surface area contributed by atoms with E-state index in [-0.39, 0.29) is 0 Å². The molecule has 0 amide bonds. The number of unbranched alkanes of at least 4 members (excludes halogenated alkanes) is 1. The Balaban J connectivity index is 1.61. The first kappa shape index (κ1) is 27.7. The maximum absolute atomic E-state index is 10.4. The molecule has 1 aromatic heterocycles. The van der Waals surface area contributed by atoms with Crippen LogP contribution >= 0.6 is 0 Å². The predicted octanol–water partition coefficient (Wildman–Crippen LogP) is 8.61. The number of phenolic OH excluding ortho intramolecular Hbond substituents is 1. The zero-order valence-electron chi connectivity index (χ0n) is 24.1. The number of phenols is 1. The zero-order chi connectivity index (χ0) is 27.9. The Morgan fingerprint density at radius 2 is 1.52 bits per heavy atom. The van der Waals surface area contributed by atoms with Crippen molar-refractivity contribution in [3.63, 3.8) is 0 Å². The summed E-state index contributed by atoms with van der Waals surface area (Å²) in [6.07, 6.45) is 11.2. The third kappa shape index (κ3) is 6.46. The largest absolute Gasteiger partial charge is 0.507 e. The van der Waals surface area contributed by atoms with Gasteiger partial charge in [0.2, 0.25) is 0 Å². The van der Waals surface area contributed by atoms with E-state index in [2.05, 4.69) is 107 Å². The highest BCUT2D eigenvalue weighted by Gasteiger charge is 2.23. The highest BCUT2D eigenvalue weighted by Crippen LogP contribution is 2.32. The average molecular weight is 532 g/mol. The summed E-state index contributed by atoms with van der Waals surface area (Å²) >= 11 is 0. The van der Waals surface area contributed by atoms with E-state index in [1.54, 1.807) is 0 Å². The van der Waals surface area contributed by atoms with Gasteiger partial charge in [0.15, 0.2) is 0 Å². The third-order valence-corrected chi connectivity index (χ3v) is 7.69. The topological polar surface area (TPSA) is 41.3 Å². The molecule has 5 rings (SSSR count). The molecule has 0 unspecified atom stereocenters. The molecule has 0 aliphatic heterocycles. The van der Waals surface area contributed by atoms with Crippen LogP contribution in [0.5, 0.6) is 5.75 Å². The second kappa shape index (κ2) is 13.0. The van der Waals surface area contributed by atoms with E-state index >= 15 is 0 Å². The summed E-state index contributed by atoms with van der Waals surface area (Å²) < 4.78 is 2.48. The molecule has 1 aliphatic rings. The number of hydrogen-bond donors (Lipinski definition) is 1. The summed E-state index contributed by atoms with van der Waals surface area (Å²) in [5.74, 6) is 1.47. The Bertz CT molecular complexity index is 1460. The summed E-state index contributed by atoms with van der Waals surface area (Å²) in [6, 6.07) is 25.6. The molecule has 0 atom stereocenters. The van der Waals surface area contributed by atoms with Crippen molar-refractivity contribution in [3.8, 4) is 17.0 Å². The lowest BCUT2D eigenvalue weighted by Crippen LogP contribution is -2.25. The van der Waals surface area contributed by atoms with E-state index in [9.17, 15) is 5.11 Å². The van der Waals surface area contributed by atoms with Crippen LogP contribution in [0.4, 0.5) is 0 Å². The van der Waals surface area contributed by atoms with E-state index in [0.29, 0.717) is 5.75 Å². The fraction of sp³-hybridized carbons (Fsp3) is 0.306. The van der Waals surface area contributed by atoms with Gasteiger partial charge in [-0.2, -0.15) is 0 Å². The molecule has 0 fully saturated rings. The number of rotatable bonds is 11. The maximum Gasteiger partial charge on any atom is 0.140 e. The van der Waals surface area contributed by atoms with E-state index in [1.807, 2.05) is 13.8 Å². The molecule has 4 heteroatoms. The molecule has 1 aliphatic carbocycles. The van der Waals surface area contributed by atoms with Gasteiger partial charge in [-0.3, -0.25) is 4.90 Å². The minimum absolute atomic E-state index is 0.390. The number of aromatic nitrogens is 2. The highest BCUT2D eigenvalue weighted by atomic mass is 16.3. The van der Waals surface area contributed by atoms with E-state index in [4.69, 9.17) is 4.98 Å². The second-order valence-electron chi connectivity index (χ2n) is 11.0. The number of imidazole rings is 1.